The second-order valence-electron chi connectivity index (χ2n) is 7.99. The number of piperidine rings is 1. The molecule has 0 bridgehead atoms. The first-order valence-corrected chi connectivity index (χ1v) is 11.4. The number of fused-ring (bicyclic) bond motifs is 2. The lowest BCUT2D eigenvalue weighted by molar-refractivity contribution is 0.102. The maximum Gasteiger partial charge on any atom is 0.257 e. The van der Waals surface area contributed by atoms with Crippen molar-refractivity contribution in [3.63, 3.8) is 0 Å². The molecule has 32 heavy (non-hydrogen) atoms. The van der Waals surface area contributed by atoms with Crippen LogP contribution in [0.1, 0.15) is 29.2 Å². The molecule has 160 valence electrons. The van der Waals surface area contributed by atoms with Gasteiger partial charge in [0.2, 0.25) is 0 Å². The first-order chi connectivity index (χ1) is 15.7. The molecule has 1 saturated heterocycles. The summed E-state index contributed by atoms with van der Waals surface area (Å²) in [7, 11) is 0. The van der Waals surface area contributed by atoms with E-state index in [1.807, 2.05) is 35.4 Å². The summed E-state index contributed by atoms with van der Waals surface area (Å²) in [5, 5.41) is 12.8. The molecule has 0 aromatic carbocycles. The summed E-state index contributed by atoms with van der Waals surface area (Å²) in [6.45, 7) is 1.99. The van der Waals surface area contributed by atoms with Crippen molar-refractivity contribution < 1.29 is 4.79 Å². The fourth-order valence-corrected chi connectivity index (χ4v) is 5.29. The number of nitrogens with zero attached hydrogens (tertiary/aromatic N) is 4. The maximum absolute atomic E-state index is 12.9. The van der Waals surface area contributed by atoms with Gasteiger partial charge in [-0.1, -0.05) is 0 Å². The van der Waals surface area contributed by atoms with Crippen molar-refractivity contribution in [2.75, 3.05) is 18.4 Å². The quantitative estimate of drug-likeness (QED) is 0.386. The monoisotopic (exact) mass is 443 g/mol. The first kappa shape index (κ1) is 19.1. The minimum Gasteiger partial charge on any atom is -0.345 e. The van der Waals surface area contributed by atoms with Crippen LogP contribution < -0.4 is 10.6 Å². The van der Waals surface area contributed by atoms with Crippen LogP contribution in [0.2, 0.25) is 0 Å². The average molecular weight is 444 g/mol. The number of hydrogen-bond acceptors (Lipinski definition) is 6. The number of pyridine rings is 2. The van der Waals surface area contributed by atoms with E-state index in [1.54, 1.807) is 29.9 Å². The van der Waals surface area contributed by atoms with Gasteiger partial charge >= 0.3 is 0 Å². The molecule has 6 heterocycles. The Bertz CT molecular complexity index is 1390. The van der Waals surface area contributed by atoms with E-state index >= 15 is 0 Å². The van der Waals surface area contributed by atoms with Crippen LogP contribution in [0, 0.1) is 0 Å². The van der Waals surface area contributed by atoms with E-state index < -0.39 is 0 Å². The zero-order chi connectivity index (χ0) is 21.5. The van der Waals surface area contributed by atoms with Gasteiger partial charge in [0.1, 0.15) is 5.65 Å². The molecule has 6 rings (SSSR count). The Morgan fingerprint density at radius 3 is 2.97 bits per heavy atom. The highest BCUT2D eigenvalue weighted by atomic mass is 32.1. The highest BCUT2D eigenvalue weighted by Crippen LogP contribution is 2.36. The number of H-pyrrole nitrogens is 1. The van der Waals surface area contributed by atoms with Gasteiger partial charge < -0.3 is 15.6 Å². The number of aromatic amines is 1. The van der Waals surface area contributed by atoms with E-state index in [4.69, 9.17) is 0 Å². The van der Waals surface area contributed by atoms with Gasteiger partial charge in [0.25, 0.3) is 5.91 Å². The van der Waals surface area contributed by atoms with Gasteiger partial charge in [-0.3, -0.25) is 14.5 Å². The highest BCUT2D eigenvalue weighted by molar-refractivity contribution is 7.22. The number of carbonyl (C=O) groups excluding carboxylic acids is 1. The van der Waals surface area contributed by atoms with E-state index in [-0.39, 0.29) is 5.91 Å². The van der Waals surface area contributed by atoms with E-state index in [9.17, 15) is 4.79 Å². The topological polar surface area (TPSA) is 101 Å². The van der Waals surface area contributed by atoms with Gasteiger partial charge in [0.05, 0.1) is 28.2 Å². The largest absolute Gasteiger partial charge is 0.345 e. The minimum absolute atomic E-state index is 0.197. The summed E-state index contributed by atoms with van der Waals surface area (Å²) in [5.74, 6) is -0.197. The van der Waals surface area contributed by atoms with Crippen molar-refractivity contribution in [1.29, 1.82) is 0 Å². The van der Waals surface area contributed by atoms with E-state index in [0.29, 0.717) is 17.3 Å². The summed E-state index contributed by atoms with van der Waals surface area (Å²) in [6.07, 6.45) is 12.9. The predicted molar refractivity (Wildman–Crippen MR) is 126 cm³/mol. The number of carbonyl (C=O) groups is 1. The maximum atomic E-state index is 12.9. The zero-order valence-electron chi connectivity index (χ0n) is 17.2. The molecule has 5 aromatic heterocycles. The summed E-state index contributed by atoms with van der Waals surface area (Å²) in [5.41, 5.74) is 2.99. The van der Waals surface area contributed by atoms with Crippen LogP contribution in [-0.2, 0) is 0 Å². The van der Waals surface area contributed by atoms with E-state index in [2.05, 4.69) is 36.8 Å². The molecule has 0 unspecified atom stereocenters. The lowest BCUT2D eigenvalue weighted by Crippen LogP contribution is -2.29. The minimum atomic E-state index is -0.197. The molecule has 0 aliphatic carbocycles. The van der Waals surface area contributed by atoms with Gasteiger partial charge in [-0.15, -0.1) is 11.3 Å². The molecule has 3 N–H and O–H groups in total. The predicted octanol–water partition coefficient (Wildman–Crippen LogP) is 4.21. The van der Waals surface area contributed by atoms with Crippen LogP contribution in [0.5, 0.6) is 0 Å². The lowest BCUT2D eigenvalue weighted by Gasteiger charge is -2.22. The van der Waals surface area contributed by atoms with Gasteiger partial charge in [-0.25, -0.2) is 4.98 Å². The van der Waals surface area contributed by atoms with Crippen molar-refractivity contribution in [3.05, 3.63) is 60.9 Å². The summed E-state index contributed by atoms with van der Waals surface area (Å²) >= 11 is 1.68. The Kier molecular flexibility index (Phi) is 4.70. The number of rotatable bonds is 4. The molecular weight excluding hydrogens is 422 g/mol. The fourth-order valence-electron chi connectivity index (χ4n) is 4.23. The van der Waals surface area contributed by atoms with Crippen LogP contribution in [0.15, 0.2) is 55.4 Å². The number of amides is 1. The molecule has 9 heteroatoms. The molecule has 0 radical (unpaired) electrons. The second kappa shape index (κ2) is 7.85. The van der Waals surface area contributed by atoms with E-state index in [1.165, 1.54) is 0 Å². The van der Waals surface area contributed by atoms with Crippen LogP contribution in [0.4, 0.5) is 5.69 Å². The standard InChI is InChI=1S/C23H21N7OS/c31-23(29-16-10-28-30(13-16)17-2-5-24-6-3-17)15-7-18-19(11-27-22(18)26-9-15)20-8-14-1-4-25-12-21(14)32-20/h1,4,7-13,17,24H,2-3,5-6H2,(H,26,27)(H,29,31). The van der Waals surface area contributed by atoms with Gasteiger partial charge in [0.15, 0.2) is 0 Å². The Hall–Kier alpha value is -3.56. The fraction of sp³-hybridized carbons (Fsp3) is 0.217. The number of thiophene rings is 1. The molecule has 0 atom stereocenters. The van der Waals surface area contributed by atoms with Crippen molar-refractivity contribution in [3.8, 4) is 10.4 Å². The summed E-state index contributed by atoms with van der Waals surface area (Å²) < 4.78 is 3.09. The third-order valence-corrected chi connectivity index (χ3v) is 7.04. The van der Waals surface area contributed by atoms with Crippen molar-refractivity contribution in [2.45, 2.75) is 18.9 Å². The number of nitrogens with one attached hydrogen (secondary N) is 3. The van der Waals surface area contributed by atoms with Gasteiger partial charge in [-0.2, -0.15) is 5.10 Å². The smallest absolute Gasteiger partial charge is 0.257 e. The van der Waals surface area contributed by atoms with Crippen molar-refractivity contribution >= 4 is 44.1 Å². The first-order valence-electron chi connectivity index (χ1n) is 10.6. The molecule has 1 amide bonds. The normalized spacial score (nSPS) is 14.9. The van der Waals surface area contributed by atoms with Crippen molar-refractivity contribution in [1.82, 2.24) is 30.0 Å². The molecular formula is C23H21N7OS. The summed E-state index contributed by atoms with van der Waals surface area (Å²) in [6, 6.07) is 6.42. The number of anilines is 1. The Labute approximate surface area is 187 Å². The van der Waals surface area contributed by atoms with Crippen LogP contribution in [0.25, 0.3) is 31.6 Å². The molecule has 8 nitrogen and oxygen atoms in total. The van der Waals surface area contributed by atoms with E-state index in [0.717, 1.165) is 57.5 Å². The molecule has 0 saturated carbocycles. The molecule has 1 fully saturated rings. The van der Waals surface area contributed by atoms with Gasteiger partial charge in [-0.05, 0) is 49.5 Å². The van der Waals surface area contributed by atoms with Crippen LogP contribution in [-0.4, -0.2) is 43.7 Å². The Morgan fingerprint density at radius 2 is 2.09 bits per heavy atom. The molecule has 0 spiro atoms. The van der Waals surface area contributed by atoms with Gasteiger partial charge in [0, 0.05) is 46.8 Å². The third kappa shape index (κ3) is 3.45. The SMILES string of the molecule is O=C(Nc1cnn(C2CCNCC2)c1)c1cnc2[nH]cc(-c3cc4ccncc4s3)c2c1. The average Bonchev–Trinajstić information content (AvgIpc) is 3.56. The van der Waals surface area contributed by atoms with Crippen LogP contribution in [0.3, 0.4) is 0 Å². The van der Waals surface area contributed by atoms with Crippen molar-refractivity contribution in [2.24, 2.45) is 0 Å². The Morgan fingerprint density at radius 1 is 1.19 bits per heavy atom. The highest BCUT2D eigenvalue weighted by Gasteiger charge is 2.17. The zero-order valence-corrected chi connectivity index (χ0v) is 18.0. The Balaban J connectivity index is 1.27. The second-order valence-corrected chi connectivity index (χ2v) is 9.07. The molecule has 5 aromatic rings. The third-order valence-electron chi connectivity index (χ3n) is 5.92. The summed E-state index contributed by atoms with van der Waals surface area (Å²) in [4.78, 5) is 25.9. The lowest BCUT2D eigenvalue weighted by atomic mass is 10.1. The number of hydrogen-bond donors (Lipinski definition) is 3. The molecule has 1 aliphatic heterocycles. The molecule has 1 aliphatic rings. The van der Waals surface area contributed by atoms with Crippen LogP contribution >= 0.6 is 11.3 Å². The number of aromatic nitrogens is 5.